The Labute approximate surface area is 148 Å². The van der Waals surface area contributed by atoms with E-state index in [1.165, 1.54) is 4.31 Å². The van der Waals surface area contributed by atoms with Crippen LogP contribution < -0.4 is 9.62 Å². The highest BCUT2D eigenvalue weighted by Gasteiger charge is 2.28. The molecule has 2 heterocycles. The van der Waals surface area contributed by atoms with Gasteiger partial charge in [-0.25, -0.2) is 8.42 Å². The Kier molecular flexibility index (Phi) is 3.89. The molecule has 0 bridgehead atoms. The Morgan fingerprint density at radius 1 is 1.08 bits per heavy atom. The van der Waals surface area contributed by atoms with Crippen molar-refractivity contribution in [1.29, 1.82) is 0 Å². The summed E-state index contributed by atoms with van der Waals surface area (Å²) >= 11 is 1.11. The van der Waals surface area contributed by atoms with E-state index in [0.29, 0.717) is 35.4 Å². The van der Waals surface area contributed by atoms with Crippen molar-refractivity contribution in [2.75, 3.05) is 21.9 Å². The number of fused-ring (bicyclic) bond motifs is 1. The van der Waals surface area contributed by atoms with E-state index in [9.17, 15) is 13.2 Å². The van der Waals surface area contributed by atoms with Gasteiger partial charge >= 0.3 is 0 Å². The molecule has 7 nitrogen and oxygen atoms in total. The van der Waals surface area contributed by atoms with E-state index in [1.54, 1.807) is 42.5 Å². The van der Waals surface area contributed by atoms with Gasteiger partial charge in [-0.3, -0.25) is 9.10 Å². The summed E-state index contributed by atoms with van der Waals surface area (Å²) in [6.45, 7) is 0.496. The minimum atomic E-state index is -3.20. The Hall–Kier alpha value is -2.52. The molecule has 0 atom stereocenters. The zero-order valence-corrected chi connectivity index (χ0v) is 14.7. The maximum Gasteiger partial charge on any atom is 0.255 e. The van der Waals surface area contributed by atoms with Crippen LogP contribution in [0.25, 0.3) is 11.0 Å². The first kappa shape index (κ1) is 16.0. The first-order valence-corrected chi connectivity index (χ1v) is 10.0. The fraction of sp³-hybridized carbons (Fsp3) is 0.188. The number of aromatic nitrogens is 2. The summed E-state index contributed by atoms with van der Waals surface area (Å²) in [6, 6.07) is 11.9. The molecule has 0 radical (unpaired) electrons. The summed E-state index contributed by atoms with van der Waals surface area (Å²) in [7, 11) is -3.20. The number of hydrogen-bond acceptors (Lipinski definition) is 6. The van der Waals surface area contributed by atoms with Gasteiger partial charge in [-0.1, -0.05) is 0 Å². The minimum Gasteiger partial charge on any atom is -0.322 e. The van der Waals surface area contributed by atoms with Crippen LogP contribution in [0.5, 0.6) is 0 Å². The lowest BCUT2D eigenvalue weighted by atomic mass is 10.2. The quantitative estimate of drug-likeness (QED) is 0.760. The van der Waals surface area contributed by atoms with Crippen molar-refractivity contribution in [2.45, 2.75) is 6.42 Å². The number of nitrogens with one attached hydrogen (secondary N) is 1. The highest BCUT2D eigenvalue weighted by atomic mass is 32.2. The number of rotatable bonds is 3. The normalized spacial score (nSPS) is 16.2. The minimum absolute atomic E-state index is 0.180. The molecule has 1 saturated heterocycles. The largest absolute Gasteiger partial charge is 0.322 e. The van der Waals surface area contributed by atoms with Crippen LogP contribution in [0.4, 0.5) is 11.4 Å². The van der Waals surface area contributed by atoms with Gasteiger partial charge in [0.2, 0.25) is 10.0 Å². The van der Waals surface area contributed by atoms with E-state index < -0.39 is 10.0 Å². The molecule has 0 saturated carbocycles. The highest BCUT2D eigenvalue weighted by molar-refractivity contribution is 7.93. The SMILES string of the molecule is O=C(Nc1ccc(N2CCCS2(=O)=O)cc1)c1ccc2nsnc2c1. The molecule has 3 aromatic rings. The van der Waals surface area contributed by atoms with Crippen molar-refractivity contribution < 1.29 is 13.2 Å². The molecule has 1 aliphatic heterocycles. The zero-order chi connectivity index (χ0) is 17.4. The molecule has 0 unspecified atom stereocenters. The predicted molar refractivity (Wildman–Crippen MR) is 97.6 cm³/mol. The predicted octanol–water partition coefficient (Wildman–Crippen LogP) is 2.48. The summed E-state index contributed by atoms with van der Waals surface area (Å²) in [4.78, 5) is 12.4. The van der Waals surface area contributed by atoms with Gasteiger partial charge in [-0.2, -0.15) is 8.75 Å². The molecule has 2 aromatic carbocycles. The van der Waals surface area contributed by atoms with Gasteiger partial charge in [0.1, 0.15) is 11.0 Å². The number of hydrogen-bond donors (Lipinski definition) is 1. The third-order valence-electron chi connectivity index (χ3n) is 4.03. The Morgan fingerprint density at radius 2 is 1.84 bits per heavy atom. The van der Waals surface area contributed by atoms with Gasteiger partial charge in [0.25, 0.3) is 5.91 Å². The van der Waals surface area contributed by atoms with Crippen LogP contribution in [0.1, 0.15) is 16.8 Å². The van der Waals surface area contributed by atoms with E-state index in [2.05, 4.69) is 14.1 Å². The van der Waals surface area contributed by atoms with Crippen molar-refractivity contribution in [1.82, 2.24) is 8.75 Å². The number of amides is 1. The number of carbonyl (C=O) groups is 1. The molecular weight excluding hydrogens is 360 g/mol. The van der Waals surface area contributed by atoms with Crippen molar-refractivity contribution in [3.05, 3.63) is 48.0 Å². The van der Waals surface area contributed by atoms with Crippen LogP contribution in [0.15, 0.2) is 42.5 Å². The van der Waals surface area contributed by atoms with Crippen LogP contribution in [-0.4, -0.2) is 35.4 Å². The molecule has 0 spiro atoms. The van der Waals surface area contributed by atoms with Gasteiger partial charge in [0.05, 0.1) is 23.2 Å². The topological polar surface area (TPSA) is 92.3 Å². The summed E-state index contributed by atoms with van der Waals surface area (Å²) in [5.74, 6) is -0.0733. The number of carbonyl (C=O) groups excluding carboxylic acids is 1. The molecule has 4 rings (SSSR count). The van der Waals surface area contributed by atoms with Gasteiger partial charge in [0.15, 0.2) is 0 Å². The van der Waals surface area contributed by atoms with Crippen LogP contribution >= 0.6 is 11.7 Å². The zero-order valence-electron chi connectivity index (χ0n) is 13.0. The molecular formula is C16H14N4O3S2. The molecule has 9 heteroatoms. The van der Waals surface area contributed by atoms with E-state index >= 15 is 0 Å². The number of nitrogens with zero attached hydrogens (tertiary/aromatic N) is 3. The Bertz CT molecular complexity index is 1040. The maximum atomic E-state index is 12.4. The van der Waals surface area contributed by atoms with Gasteiger partial charge in [-0.15, -0.1) is 0 Å². The van der Waals surface area contributed by atoms with Crippen molar-refractivity contribution in [2.24, 2.45) is 0 Å². The molecule has 1 N–H and O–H groups in total. The second kappa shape index (κ2) is 6.08. The van der Waals surface area contributed by atoms with E-state index in [-0.39, 0.29) is 11.7 Å². The number of sulfonamides is 1. The monoisotopic (exact) mass is 374 g/mol. The summed E-state index contributed by atoms with van der Waals surface area (Å²) in [5.41, 5.74) is 3.16. The van der Waals surface area contributed by atoms with Gasteiger partial charge in [-0.05, 0) is 48.9 Å². The van der Waals surface area contributed by atoms with Crippen molar-refractivity contribution in [3.8, 4) is 0 Å². The smallest absolute Gasteiger partial charge is 0.255 e. The average molecular weight is 374 g/mol. The highest BCUT2D eigenvalue weighted by Crippen LogP contribution is 2.25. The fourth-order valence-corrected chi connectivity index (χ4v) is 4.85. The van der Waals surface area contributed by atoms with E-state index in [4.69, 9.17) is 0 Å². The molecule has 1 amide bonds. The second-order valence-corrected chi connectivity index (χ2v) is 8.25. The molecule has 128 valence electrons. The lowest BCUT2D eigenvalue weighted by molar-refractivity contribution is 0.102. The third-order valence-corrected chi connectivity index (χ3v) is 6.45. The van der Waals surface area contributed by atoms with E-state index in [1.807, 2.05) is 0 Å². The van der Waals surface area contributed by atoms with E-state index in [0.717, 1.165) is 17.2 Å². The first-order valence-electron chi connectivity index (χ1n) is 7.67. The standard InChI is InChI=1S/C16H14N4O3S2/c21-16(11-2-7-14-15(10-11)19-24-18-14)17-12-3-5-13(6-4-12)20-8-1-9-25(20,22)23/h2-7,10H,1,8-9H2,(H,17,21). The van der Waals surface area contributed by atoms with Crippen molar-refractivity contribution >= 4 is 50.1 Å². The van der Waals surface area contributed by atoms with Gasteiger partial charge < -0.3 is 5.32 Å². The van der Waals surface area contributed by atoms with Crippen LogP contribution in [0, 0.1) is 0 Å². The van der Waals surface area contributed by atoms with Gasteiger partial charge in [0, 0.05) is 17.8 Å². The summed E-state index contributed by atoms with van der Waals surface area (Å²) in [6.07, 6.45) is 0.634. The molecule has 1 fully saturated rings. The first-order chi connectivity index (χ1) is 12.0. The number of benzene rings is 2. The lowest BCUT2D eigenvalue weighted by Gasteiger charge is -2.17. The average Bonchev–Trinajstić information content (AvgIpc) is 3.20. The fourth-order valence-electron chi connectivity index (χ4n) is 2.77. The second-order valence-electron chi connectivity index (χ2n) is 5.71. The Balaban J connectivity index is 1.51. The summed E-state index contributed by atoms with van der Waals surface area (Å²) in [5, 5.41) is 2.80. The molecule has 1 aromatic heterocycles. The molecule has 1 aliphatic rings. The van der Waals surface area contributed by atoms with Crippen LogP contribution in [0.3, 0.4) is 0 Å². The molecule has 25 heavy (non-hydrogen) atoms. The molecule has 0 aliphatic carbocycles. The van der Waals surface area contributed by atoms with Crippen LogP contribution in [0.2, 0.25) is 0 Å². The van der Waals surface area contributed by atoms with Crippen molar-refractivity contribution in [3.63, 3.8) is 0 Å². The lowest BCUT2D eigenvalue weighted by Crippen LogP contribution is -2.24. The maximum absolute atomic E-state index is 12.4. The number of anilines is 2. The Morgan fingerprint density at radius 3 is 2.56 bits per heavy atom. The summed E-state index contributed by atoms with van der Waals surface area (Å²) < 4.78 is 33.5. The van der Waals surface area contributed by atoms with Crippen LogP contribution in [-0.2, 0) is 10.0 Å². The third kappa shape index (κ3) is 3.08.